The molecule has 1 aromatic heterocycles. The van der Waals surface area contributed by atoms with E-state index in [2.05, 4.69) is 41.1 Å². The van der Waals surface area contributed by atoms with Crippen molar-refractivity contribution < 1.29 is 14.3 Å². The molecule has 8 nitrogen and oxygen atoms in total. The van der Waals surface area contributed by atoms with Crippen LogP contribution in [-0.2, 0) is 4.79 Å². The van der Waals surface area contributed by atoms with Crippen LogP contribution in [0, 0.1) is 0 Å². The number of anilines is 1. The van der Waals surface area contributed by atoms with Crippen molar-refractivity contribution in [3.8, 4) is 11.5 Å². The van der Waals surface area contributed by atoms with Crippen molar-refractivity contribution in [2.45, 2.75) is 38.1 Å². The average Bonchev–Trinajstić information content (AvgIpc) is 3.33. The number of thioether (sulfide) groups is 1. The van der Waals surface area contributed by atoms with Gasteiger partial charge < -0.3 is 23.8 Å². The van der Waals surface area contributed by atoms with Crippen LogP contribution in [0.2, 0.25) is 0 Å². The first kappa shape index (κ1) is 24.9. The minimum absolute atomic E-state index is 0.121. The largest absolute Gasteiger partial charge is 0.493 e. The van der Waals surface area contributed by atoms with Gasteiger partial charge in [0.15, 0.2) is 28.6 Å². The number of hydrogen-bond donors (Lipinski definition) is 0. The van der Waals surface area contributed by atoms with E-state index < -0.39 is 0 Å². The van der Waals surface area contributed by atoms with Crippen LogP contribution in [0.15, 0.2) is 59.8 Å². The van der Waals surface area contributed by atoms with Crippen LogP contribution in [0.5, 0.6) is 11.5 Å². The van der Waals surface area contributed by atoms with Gasteiger partial charge in [-0.05, 0) is 45.0 Å². The Morgan fingerprint density at radius 1 is 0.943 bits per heavy atom. The van der Waals surface area contributed by atoms with Gasteiger partial charge in [-0.25, -0.2) is 0 Å². The topological polar surface area (TPSA) is 72.7 Å². The number of ether oxygens (including phenoxy) is 2. The highest BCUT2D eigenvalue weighted by molar-refractivity contribution is 7.99. The van der Waals surface area contributed by atoms with Gasteiger partial charge in [0.05, 0.1) is 12.9 Å². The van der Waals surface area contributed by atoms with Gasteiger partial charge in [-0.1, -0.05) is 42.1 Å². The van der Waals surface area contributed by atoms with Crippen molar-refractivity contribution in [3.63, 3.8) is 0 Å². The van der Waals surface area contributed by atoms with E-state index in [1.54, 1.807) is 7.11 Å². The highest BCUT2D eigenvalue weighted by atomic mass is 32.2. The zero-order valence-electron chi connectivity index (χ0n) is 20.8. The SMILES string of the molecule is COc1ccccc1OC(C)c1nnc(SCC(=O)N2CCN(c3ccccc3)CC2)n1C(C)C. The fourth-order valence-electron chi connectivity index (χ4n) is 4.18. The molecule has 0 saturated carbocycles. The van der Waals surface area contributed by atoms with Crippen molar-refractivity contribution in [3.05, 3.63) is 60.4 Å². The van der Waals surface area contributed by atoms with Crippen molar-refractivity contribution in [1.82, 2.24) is 19.7 Å². The van der Waals surface area contributed by atoms with E-state index >= 15 is 0 Å². The fraction of sp³-hybridized carbons (Fsp3) is 0.423. The molecule has 9 heteroatoms. The lowest BCUT2D eigenvalue weighted by Crippen LogP contribution is -2.49. The smallest absolute Gasteiger partial charge is 0.233 e. The lowest BCUT2D eigenvalue weighted by molar-refractivity contribution is -0.128. The van der Waals surface area contributed by atoms with E-state index in [9.17, 15) is 4.79 Å². The summed E-state index contributed by atoms with van der Waals surface area (Å²) in [6.07, 6.45) is -0.336. The van der Waals surface area contributed by atoms with Gasteiger partial charge in [0, 0.05) is 37.9 Å². The Bertz CT molecular complexity index is 1110. The molecule has 4 rings (SSSR count). The van der Waals surface area contributed by atoms with Gasteiger partial charge in [0.1, 0.15) is 0 Å². The summed E-state index contributed by atoms with van der Waals surface area (Å²) in [5, 5.41) is 9.54. The van der Waals surface area contributed by atoms with Gasteiger partial charge in [0.25, 0.3) is 0 Å². The Balaban J connectivity index is 1.37. The molecule has 1 saturated heterocycles. The van der Waals surface area contributed by atoms with Gasteiger partial charge in [-0.15, -0.1) is 10.2 Å². The lowest BCUT2D eigenvalue weighted by atomic mass is 10.2. The van der Waals surface area contributed by atoms with Crippen molar-refractivity contribution in [2.24, 2.45) is 0 Å². The van der Waals surface area contributed by atoms with Crippen LogP contribution in [0.25, 0.3) is 0 Å². The number of hydrogen-bond acceptors (Lipinski definition) is 7. The molecule has 35 heavy (non-hydrogen) atoms. The molecule has 0 radical (unpaired) electrons. The highest BCUT2D eigenvalue weighted by Crippen LogP contribution is 2.32. The summed E-state index contributed by atoms with van der Waals surface area (Å²) in [6.45, 7) is 9.23. The molecular weight excluding hydrogens is 462 g/mol. The summed E-state index contributed by atoms with van der Waals surface area (Å²) in [7, 11) is 1.62. The first-order valence-corrected chi connectivity index (χ1v) is 12.9. The molecule has 1 fully saturated rings. The van der Waals surface area contributed by atoms with Crippen LogP contribution in [-0.4, -0.2) is 64.6 Å². The third kappa shape index (κ3) is 5.90. The predicted molar refractivity (Wildman–Crippen MR) is 138 cm³/mol. The number of methoxy groups -OCH3 is 1. The summed E-state index contributed by atoms with van der Waals surface area (Å²) >= 11 is 1.43. The molecule has 3 aromatic rings. The molecule has 2 heterocycles. The van der Waals surface area contributed by atoms with Crippen LogP contribution in [0.3, 0.4) is 0 Å². The van der Waals surface area contributed by atoms with Gasteiger partial charge in [-0.3, -0.25) is 4.79 Å². The fourth-order valence-corrected chi connectivity index (χ4v) is 5.16. The minimum Gasteiger partial charge on any atom is -0.493 e. The Kier molecular flexibility index (Phi) is 8.17. The second kappa shape index (κ2) is 11.5. The zero-order valence-corrected chi connectivity index (χ0v) is 21.6. The molecule has 0 spiro atoms. The van der Waals surface area contributed by atoms with Crippen LogP contribution in [0.1, 0.15) is 38.7 Å². The number of carbonyl (C=O) groups excluding carboxylic acids is 1. The monoisotopic (exact) mass is 495 g/mol. The highest BCUT2D eigenvalue weighted by Gasteiger charge is 2.25. The first-order valence-electron chi connectivity index (χ1n) is 11.9. The Hall–Kier alpha value is -3.20. The molecular formula is C26H33N5O3S. The van der Waals surface area contributed by atoms with E-state index in [0.717, 1.165) is 37.2 Å². The first-order chi connectivity index (χ1) is 17.0. The van der Waals surface area contributed by atoms with E-state index in [1.165, 1.54) is 17.4 Å². The molecule has 1 amide bonds. The summed E-state index contributed by atoms with van der Waals surface area (Å²) in [5.41, 5.74) is 1.20. The third-order valence-electron chi connectivity index (χ3n) is 6.02. The maximum absolute atomic E-state index is 12.9. The number of rotatable bonds is 9. The molecule has 0 aliphatic carbocycles. The average molecular weight is 496 g/mol. The normalized spacial score (nSPS) is 14.8. The van der Waals surface area contributed by atoms with Crippen molar-refractivity contribution in [2.75, 3.05) is 43.9 Å². The number of amides is 1. The Morgan fingerprint density at radius 2 is 1.60 bits per heavy atom. The Morgan fingerprint density at radius 3 is 2.26 bits per heavy atom. The van der Waals surface area contributed by atoms with Gasteiger partial charge in [0.2, 0.25) is 5.91 Å². The molecule has 1 aliphatic heterocycles. The van der Waals surface area contributed by atoms with Gasteiger partial charge in [-0.2, -0.15) is 0 Å². The molecule has 1 atom stereocenters. The Labute approximate surface area is 211 Å². The quantitative estimate of drug-likeness (QED) is 0.406. The molecule has 1 unspecified atom stereocenters. The maximum Gasteiger partial charge on any atom is 0.233 e. The zero-order chi connectivity index (χ0) is 24.8. The lowest BCUT2D eigenvalue weighted by Gasteiger charge is -2.36. The molecule has 186 valence electrons. The summed E-state index contributed by atoms with van der Waals surface area (Å²) in [5.74, 6) is 2.50. The molecule has 0 bridgehead atoms. The maximum atomic E-state index is 12.9. The minimum atomic E-state index is -0.336. The van der Waals surface area contributed by atoms with E-state index in [-0.39, 0.29) is 18.1 Å². The molecule has 2 aromatic carbocycles. The number of nitrogens with zero attached hydrogens (tertiary/aromatic N) is 5. The van der Waals surface area contributed by atoms with Crippen LogP contribution in [0.4, 0.5) is 5.69 Å². The number of carbonyl (C=O) groups is 1. The van der Waals surface area contributed by atoms with E-state index in [1.807, 2.05) is 58.9 Å². The number of para-hydroxylation sites is 3. The van der Waals surface area contributed by atoms with Gasteiger partial charge >= 0.3 is 0 Å². The van der Waals surface area contributed by atoms with Crippen LogP contribution < -0.4 is 14.4 Å². The standard InChI is InChI=1S/C26H33N5O3S/c1-19(2)31-25(20(3)34-23-13-9-8-12-22(23)33-4)27-28-26(31)35-18-24(32)30-16-14-29(15-17-30)21-10-6-5-7-11-21/h5-13,19-20H,14-18H2,1-4H3. The van der Waals surface area contributed by atoms with Crippen molar-refractivity contribution in [1.29, 1.82) is 0 Å². The summed E-state index contributed by atoms with van der Waals surface area (Å²) < 4.78 is 13.6. The van der Waals surface area contributed by atoms with Crippen molar-refractivity contribution >= 4 is 23.4 Å². The van der Waals surface area contributed by atoms with E-state index in [0.29, 0.717) is 17.3 Å². The number of benzene rings is 2. The number of aromatic nitrogens is 3. The second-order valence-corrected chi connectivity index (χ2v) is 9.65. The molecule has 1 aliphatic rings. The second-order valence-electron chi connectivity index (χ2n) is 8.71. The summed E-state index contributed by atoms with van der Waals surface area (Å²) in [6, 6.07) is 18.0. The molecule has 0 N–H and O–H groups in total. The van der Waals surface area contributed by atoms with E-state index in [4.69, 9.17) is 9.47 Å². The summed E-state index contributed by atoms with van der Waals surface area (Å²) in [4.78, 5) is 17.2. The number of piperazine rings is 1. The predicted octanol–water partition coefficient (Wildman–Crippen LogP) is 4.45. The van der Waals surface area contributed by atoms with Crippen LogP contribution >= 0.6 is 11.8 Å². The third-order valence-corrected chi connectivity index (χ3v) is 6.95.